The largest absolute Gasteiger partial charge is 0.310 e. The number of nitrogens with one attached hydrogen (secondary N) is 1. The number of rotatable bonds is 5. The van der Waals surface area contributed by atoms with Crippen molar-refractivity contribution in [3.05, 3.63) is 35.4 Å². The predicted octanol–water partition coefficient (Wildman–Crippen LogP) is 4.47. The Kier molecular flexibility index (Phi) is 3.93. The molecule has 0 spiro atoms. The molecule has 2 saturated carbocycles. The summed E-state index contributed by atoms with van der Waals surface area (Å²) in [6, 6.07) is 9.57. The van der Waals surface area contributed by atoms with E-state index in [0.29, 0.717) is 6.04 Å². The SMILES string of the molecule is CCCNC(c1ccccc1C)C1CC2CCC1C2. The summed E-state index contributed by atoms with van der Waals surface area (Å²) in [4.78, 5) is 0. The molecular formula is C18H27N. The number of benzene rings is 1. The third-order valence-corrected chi connectivity index (χ3v) is 5.36. The first kappa shape index (κ1) is 13.2. The maximum absolute atomic E-state index is 3.85. The molecule has 4 unspecified atom stereocenters. The Bertz CT molecular complexity index is 425. The Hall–Kier alpha value is -0.820. The molecule has 0 aliphatic heterocycles. The van der Waals surface area contributed by atoms with E-state index in [-0.39, 0.29) is 0 Å². The Morgan fingerprint density at radius 2 is 2.05 bits per heavy atom. The van der Waals surface area contributed by atoms with Gasteiger partial charge in [-0.15, -0.1) is 0 Å². The van der Waals surface area contributed by atoms with Crippen molar-refractivity contribution < 1.29 is 0 Å². The summed E-state index contributed by atoms with van der Waals surface area (Å²) in [5, 5.41) is 3.85. The van der Waals surface area contributed by atoms with Crippen molar-refractivity contribution in [1.29, 1.82) is 0 Å². The van der Waals surface area contributed by atoms with Crippen LogP contribution in [0.4, 0.5) is 0 Å². The van der Waals surface area contributed by atoms with Crippen LogP contribution in [0.5, 0.6) is 0 Å². The molecule has 1 aromatic rings. The van der Waals surface area contributed by atoms with Crippen LogP contribution in [-0.4, -0.2) is 6.54 Å². The number of hydrogen-bond donors (Lipinski definition) is 1. The summed E-state index contributed by atoms with van der Waals surface area (Å²) in [6.45, 7) is 5.68. The summed E-state index contributed by atoms with van der Waals surface area (Å²) < 4.78 is 0. The van der Waals surface area contributed by atoms with Gasteiger partial charge in [0.05, 0.1) is 0 Å². The maximum atomic E-state index is 3.85. The van der Waals surface area contributed by atoms with Gasteiger partial charge in [0.25, 0.3) is 0 Å². The third-order valence-electron chi connectivity index (χ3n) is 5.36. The minimum atomic E-state index is 0.594. The van der Waals surface area contributed by atoms with Crippen molar-refractivity contribution in [2.45, 2.75) is 52.0 Å². The number of fused-ring (bicyclic) bond motifs is 2. The molecule has 3 rings (SSSR count). The van der Waals surface area contributed by atoms with Crippen molar-refractivity contribution >= 4 is 0 Å². The van der Waals surface area contributed by atoms with Crippen LogP contribution in [-0.2, 0) is 0 Å². The highest BCUT2D eigenvalue weighted by molar-refractivity contribution is 5.30. The molecule has 1 aromatic carbocycles. The van der Waals surface area contributed by atoms with Gasteiger partial charge in [-0.05, 0) is 68.0 Å². The summed E-state index contributed by atoms with van der Waals surface area (Å²) in [5.74, 6) is 2.90. The van der Waals surface area contributed by atoms with Gasteiger partial charge < -0.3 is 5.32 Å². The second-order valence-corrected chi connectivity index (χ2v) is 6.63. The van der Waals surface area contributed by atoms with E-state index in [1.54, 1.807) is 5.56 Å². The topological polar surface area (TPSA) is 12.0 Å². The minimum absolute atomic E-state index is 0.594. The van der Waals surface area contributed by atoms with Gasteiger partial charge in [0.2, 0.25) is 0 Å². The molecule has 0 radical (unpaired) electrons. The lowest BCUT2D eigenvalue weighted by Crippen LogP contribution is -2.32. The monoisotopic (exact) mass is 257 g/mol. The van der Waals surface area contributed by atoms with Crippen LogP contribution >= 0.6 is 0 Å². The second kappa shape index (κ2) is 5.66. The highest BCUT2D eigenvalue weighted by Crippen LogP contribution is 2.52. The molecule has 0 amide bonds. The van der Waals surface area contributed by atoms with E-state index in [1.807, 2.05) is 0 Å². The third kappa shape index (κ3) is 2.58. The molecule has 4 atom stereocenters. The van der Waals surface area contributed by atoms with Crippen molar-refractivity contribution in [3.63, 3.8) is 0 Å². The van der Waals surface area contributed by atoms with Gasteiger partial charge in [0.1, 0.15) is 0 Å². The quantitative estimate of drug-likeness (QED) is 0.820. The van der Waals surface area contributed by atoms with Gasteiger partial charge in [0.15, 0.2) is 0 Å². The summed E-state index contributed by atoms with van der Waals surface area (Å²) in [5.41, 5.74) is 3.01. The van der Waals surface area contributed by atoms with E-state index in [1.165, 1.54) is 37.7 Å². The standard InChI is InChI=1S/C18H27N/c1-3-10-19-18(16-7-5-4-6-13(16)2)17-12-14-8-9-15(17)11-14/h4-7,14-15,17-19H,3,8-12H2,1-2H3. The van der Waals surface area contributed by atoms with Crippen LogP contribution in [0.1, 0.15) is 56.2 Å². The van der Waals surface area contributed by atoms with E-state index in [9.17, 15) is 0 Å². The number of hydrogen-bond acceptors (Lipinski definition) is 1. The molecule has 0 aromatic heterocycles. The zero-order valence-electron chi connectivity index (χ0n) is 12.4. The first-order valence-corrected chi connectivity index (χ1v) is 8.08. The van der Waals surface area contributed by atoms with Crippen LogP contribution < -0.4 is 5.32 Å². The van der Waals surface area contributed by atoms with Gasteiger partial charge in [0, 0.05) is 6.04 Å². The van der Waals surface area contributed by atoms with E-state index < -0.39 is 0 Å². The Balaban J connectivity index is 1.83. The van der Waals surface area contributed by atoms with Crippen LogP contribution in [0.2, 0.25) is 0 Å². The summed E-state index contributed by atoms with van der Waals surface area (Å²) in [7, 11) is 0. The lowest BCUT2D eigenvalue weighted by molar-refractivity contribution is 0.250. The minimum Gasteiger partial charge on any atom is -0.310 e. The molecule has 19 heavy (non-hydrogen) atoms. The van der Waals surface area contributed by atoms with Crippen LogP contribution in [0, 0.1) is 24.7 Å². The average Bonchev–Trinajstić information content (AvgIpc) is 3.04. The van der Waals surface area contributed by atoms with Gasteiger partial charge in [-0.25, -0.2) is 0 Å². The predicted molar refractivity (Wildman–Crippen MR) is 81.2 cm³/mol. The number of aryl methyl sites for hydroxylation is 1. The molecule has 1 N–H and O–H groups in total. The second-order valence-electron chi connectivity index (χ2n) is 6.63. The van der Waals surface area contributed by atoms with Gasteiger partial charge >= 0.3 is 0 Å². The first-order valence-electron chi connectivity index (χ1n) is 8.08. The molecule has 104 valence electrons. The Labute approximate surface area is 117 Å². The van der Waals surface area contributed by atoms with Crippen LogP contribution in [0.3, 0.4) is 0 Å². The van der Waals surface area contributed by atoms with E-state index >= 15 is 0 Å². The Morgan fingerprint density at radius 1 is 1.21 bits per heavy atom. The van der Waals surface area contributed by atoms with Crippen molar-refractivity contribution in [2.75, 3.05) is 6.54 Å². The van der Waals surface area contributed by atoms with Crippen LogP contribution in [0.25, 0.3) is 0 Å². The molecule has 0 saturated heterocycles. The molecule has 2 fully saturated rings. The molecular weight excluding hydrogens is 230 g/mol. The van der Waals surface area contributed by atoms with Crippen molar-refractivity contribution in [3.8, 4) is 0 Å². The lowest BCUT2D eigenvalue weighted by Gasteiger charge is -2.32. The van der Waals surface area contributed by atoms with Crippen molar-refractivity contribution in [1.82, 2.24) is 5.32 Å². The summed E-state index contributed by atoms with van der Waals surface area (Å²) >= 11 is 0. The zero-order valence-corrected chi connectivity index (χ0v) is 12.4. The molecule has 1 nitrogen and oxygen atoms in total. The molecule has 2 aliphatic carbocycles. The molecule has 2 bridgehead atoms. The fourth-order valence-electron chi connectivity index (χ4n) is 4.43. The van der Waals surface area contributed by atoms with E-state index in [0.717, 1.165) is 24.3 Å². The van der Waals surface area contributed by atoms with Crippen LogP contribution in [0.15, 0.2) is 24.3 Å². The van der Waals surface area contributed by atoms with E-state index in [4.69, 9.17) is 0 Å². The van der Waals surface area contributed by atoms with Crippen molar-refractivity contribution in [2.24, 2.45) is 17.8 Å². The summed E-state index contributed by atoms with van der Waals surface area (Å²) in [6.07, 6.45) is 7.16. The zero-order chi connectivity index (χ0) is 13.2. The first-order chi connectivity index (χ1) is 9.29. The van der Waals surface area contributed by atoms with Gasteiger partial charge in [-0.1, -0.05) is 37.6 Å². The Morgan fingerprint density at radius 3 is 2.68 bits per heavy atom. The molecule has 2 aliphatic rings. The highest BCUT2D eigenvalue weighted by Gasteiger charge is 2.43. The molecule has 1 heteroatoms. The van der Waals surface area contributed by atoms with Gasteiger partial charge in [-0.2, -0.15) is 0 Å². The fourth-order valence-corrected chi connectivity index (χ4v) is 4.43. The smallest absolute Gasteiger partial charge is 0.0354 e. The molecule has 0 heterocycles. The lowest BCUT2D eigenvalue weighted by atomic mass is 9.79. The van der Waals surface area contributed by atoms with E-state index in [2.05, 4.69) is 43.4 Å². The fraction of sp³-hybridized carbons (Fsp3) is 0.667. The average molecular weight is 257 g/mol. The highest BCUT2D eigenvalue weighted by atomic mass is 14.9. The maximum Gasteiger partial charge on any atom is 0.0354 e. The van der Waals surface area contributed by atoms with Gasteiger partial charge in [-0.3, -0.25) is 0 Å². The normalized spacial score (nSPS) is 30.7.